The fraction of sp³-hybridized carbons (Fsp3) is 0.143. The molecule has 0 spiro atoms. The molecule has 0 amide bonds. The van der Waals surface area contributed by atoms with Crippen LogP contribution in [0.25, 0.3) is 22.8 Å². The van der Waals surface area contributed by atoms with Crippen LogP contribution in [0.1, 0.15) is 0 Å². The molecule has 2 aliphatic rings. The van der Waals surface area contributed by atoms with Gasteiger partial charge in [-0.25, -0.2) is 0 Å². The van der Waals surface area contributed by atoms with Crippen LogP contribution in [0.4, 0.5) is 11.4 Å². The molecule has 4 N–H and O–H groups in total. The monoisotopic (exact) mass is 435 g/mol. The molecule has 2 aliphatic heterocycles. The van der Waals surface area contributed by atoms with Gasteiger partial charge in [-0.1, -0.05) is 36.4 Å². The van der Waals surface area contributed by atoms with Crippen molar-refractivity contribution in [1.29, 1.82) is 0 Å². The van der Waals surface area contributed by atoms with Crippen LogP contribution in [-0.4, -0.2) is 13.1 Å². The van der Waals surface area contributed by atoms with E-state index in [2.05, 4.69) is 34.9 Å². The van der Waals surface area contributed by atoms with E-state index >= 15 is 0 Å². The number of benzene rings is 1. The Morgan fingerprint density at radius 1 is 0.789 bits per heavy atom. The molecule has 0 saturated carbocycles. The minimum atomic E-state index is 0. The molecule has 0 aromatic heterocycles. The predicted octanol–water partition coefficient (Wildman–Crippen LogP) is 1.21. The third kappa shape index (κ3) is 3.80. The summed E-state index contributed by atoms with van der Waals surface area (Å²) < 4.78 is 0. The van der Waals surface area contributed by atoms with E-state index < -0.39 is 0 Å². The Morgan fingerprint density at radius 3 is 1.58 bits per heavy atom. The molecule has 0 fully saturated rings. The molecule has 0 bridgehead atoms. The molecule has 4 nitrogen and oxygen atoms in total. The summed E-state index contributed by atoms with van der Waals surface area (Å²) in [6.45, 7) is 1.19. The molecule has 5 heteroatoms. The number of fused-ring (bicyclic) bond motifs is 3. The number of hydrogen-bond acceptors (Lipinski definition) is 2. The number of nitrogens with two attached hydrogens (primary N) is 2. The van der Waals surface area contributed by atoms with Gasteiger partial charge in [-0.3, -0.25) is 0 Å². The molecular weight excluding hydrogens is 419 g/mol. The molecule has 1 aromatic carbocycles. The Morgan fingerprint density at radius 2 is 1.21 bits per heavy atom. The zero-order valence-electron chi connectivity index (χ0n) is 10.4. The van der Waals surface area contributed by atoms with E-state index in [1.807, 2.05) is 12.2 Å². The van der Waals surface area contributed by atoms with E-state index in [9.17, 15) is 0 Å². The summed E-state index contributed by atoms with van der Waals surface area (Å²) in [7, 11) is 0. The van der Waals surface area contributed by atoms with Crippen molar-refractivity contribution in [2.45, 2.75) is 0 Å². The van der Waals surface area contributed by atoms with Gasteiger partial charge in [0.25, 0.3) is 0 Å². The number of allylic oxidation sites excluding steroid dienone is 2. The van der Waals surface area contributed by atoms with Gasteiger partial charge in [-0.05, 0) is 10.4 Å². The van der Waals surface area contributed by atoms with Crippen molar-refractivity contribution in [3.8, 4) is 0 Å². The first-order valence-electron chi connectivity index (χ1n) is 5.85. The fourth-order valence-corrected chi connectivity index (χ4v) is 1.68. The first-order chi connectivity index (χ1) is 8.86. The summed E-state index contributed by atoms with van der Waals surface area (Å²) in [5.41, 5.74) is 11.8. The van der Waals surface area contributed by atoms with Crippen LogP contribution in [-0.2, 0) is 21.1 Å². The summed E-state index contributed by atoms with van der Waals surface area (Å²) in [5.74, 6) is 0. The molecule has 0 atom stereocenters. The summed E-state index contributed by atoms with van der Waals surface area (Å²) in [6, 6.07) is 4.15. The van der Waals surface area contributed by atoms with E-state index in [0.717, 1.165) is 21.8 Å². The summed E-state index contributed by atoms with van der Waals surface area (Å²) >= 11 is 0. The Labute approximate surface area is 127 Å². The van der Waals surface area contributed by atoms with Crippen LogP contribution in [0.3, 0.4) is 0 Å². The maximum absolute atomic E-state index is 4.90. The number of nitrogens with zero attached hydrogens (tertiary/aromatic N) is 2. The quantitative estimate of drug-likeness (QED) is 0.696. The van der Waals surface area contributed by atoms with Gasteiger partial charge in [0, 0.05) is 13.1 Å². The van der Waals surface area contributed by atoms with Crippen molar-refractivity contribution in [2.24, 2.45) is 11.5 Å². The minimum absolute atomic E-state index is 0. The smallest absolute Gasteiger partial charge is 0.665 e. The molecular formula is C14H16N4Pt. The van der Waals surface area contributed by atoms with Gasteiger partial charge in [-0.15, -0.1) is 11.4 Å². The zero-order chi connectivity index (χ0) is 12.8. The van der Waals surface area contributed by atoms with Gasteiger partial charge in [0.1, 0.15) is 0 Å². The van der Waals surface area contributed by atoms with Crippen LogP contribution in [0.15, 0.2) is 36.7 Å². The van der Waals surface area contributed by atoms with Crippen molar-refractivity contribution in [2.75, 3.05) is 13.1 Å². The summed E-state index contributed by atoms with van der Waals surface area (Å²) in [5, 5.41) is 11.0. The molecule has 0 aliphatic carbocycles. The second-order valence-electron chi connectivity index (χ2n) is 3.79. The van der Waals surface area contributed by atoms with E-state index in [-0.39, 0.29) is 21.1 Å². The van der Waals surface area contributed by atoms with E-state index in [0.29, 0.717) is 13.1 Å². The normalized spacial score (nSPS) is 12.9. The van der Waals surface area contributed by atoms with Gasteiger partial charge in [-0.2, -0.15) is 12.4 Å². The maximum atomic E-state index is 4.90. The maximum Gasteiger partial charge on any atom is 2.00 e. The SMILES string of the molecule is C1=C[N-]c2c3c(ccc2=C1)=CC=C[N-]3.NCCN.[Pt+2]. The molecule has 2 heterocycles. The molecule has 0 unspecified atom stereocenters. The summed E-state index contributed by atoms with van der Waals surface area (Å²) in [4.78, 5) is 0. The largest absolute Gasteiger partial charge is 2.00 e. The number of hydrogen-bond donors (Lipinski definition) is 2. The van der Waals surface area contributed by atoms with Crippen molar-refractivity contribution < 1.29 is 21.1 Å². The van der Waals surface area contributed by atoms with Crippen LogP contribution >= 0.6 is 0 Å². The van der Waals surface area contributed by atoms with Crippen LogP contribution in [0.2, 0.25) is 0 Å². The Kier molecular flexibility index (Phi) is 6.57. The minimum Gasteiger partial charge on any atom is -0.665 e. The first kappa shape index (κ1) is 15.7. The predicted molar refractivity (Wildman–Crippen MR) is 77.0 cm³/mol. The second-order valence-corrected chi connectivity index (χ2v) is 3.79. The van der Waals surface area contributed by atoms with Gasteiger partial charge >= 0.3 is 21.1 Å². The Hall–Kier alpha value is -1.35. The van der Waals surface area contributed by atoms with E-state index in [4.69, 9.17) is 11.5 Å². The molecule has 0 saturated heterocycles. The van der Waals surface area contributed by atoms with Crippen LogP contribution < -0.4 is 21.9 Å². The average molecular weight is 435 g/mol. The molecule has 0 radical (unpaired) electrons. The molecule has 19 heavy (non-hydrogen) atoms. The van der Waals surface area contributed by atoms with Gasteiger partial charge in [0.15, 0.2) is 0 Å². The van der Waals surface area contributed by atoms with E-state index in [1.54, 1.807) is 12.4 Å². The van der Waals surface area contributed by atoms with E-state index in [1.165, 1.54) is 0 Å². The van der Waals surface area contributed by atoms with Crippen LogP contribution in [0, 0.1) is 0 Å². The third-order valence-corrected chi connectivity index (χ3v) is 2.51. The molecule has 102 valence electrons. The van der Waals surface area contributed by atoms with Crippen molar-refractivity contribution in [1.82, 2.24) is 0 Å². The van der Waals surface area contributed by atoms with Crippen molar-refractivity contribution in [3.05, 3.63) is 57.8 Å². The van der Waals surface area contributed by atoms with Gasteiger partial charge in [0.05, 0.1) is 0 Å². The first-order valence-corrected chi connectivity index (χ1v) is 5.85. The van der Waals surface area contributed by atoms with Gasteiger partial charge < -0.3 is 22.1 Å². The zero-order valence-corrected chi connectivity index (χ0v) is 12.7. The Bertz CT molecular complexity index is 537. The summed E-state index contributed by atoms with van der Waals surface area (Å²) in [6.07, 6.45) is 11.6. The molecule has 1 aromatic rings. The topological polar surface area (TPSA) is 80.2 Å². The fourth-order valence-electron chi connectivity index (χ4n) is 1.68. The second kappa shape index (κ2) is 7.95. The Balaban J connectivity index is 0.000000323. The van der Waals surface area contributed by atoms with Crippen molar-refractivity contribution >= 4 is 23.5 Å². The van der Waals surface area contributed by atoms with Crippen molar-refractivity contribution in [3.63, 3.8) is 0 Å². The average Bonchev–Trinajstić information content (AvgIpc) is 2.47. The van der Waals surface area contributed by atoms with Crippen LogP contribution in [0.5, 0.6) is 0 Å². The van der Waals surface area contributed by atoms with Gasteiger partial charge in [0.2, 0.25) is 0 Å². The molecule has 3 rings (SSSR count). The number of rotatable bonds is 1. The third-order valence-electron chi connectivity index (χ3n) is 2.51. The standard InChI is InChI=1S/C12H8N2.C2H8N2.Pt/c1-3-9-5-6-10-4-2-8-14-12(10)11(9)13-7-1;3-1-2-4;/h1-8H;1-4H2;/q-2;;+2.